The normalized spacial score (nSPS) is 14.6. The van der Waals surface area contributed by atoms with E-state index < -0.39 is 0 Å². The van der Waals surface area contributed by atoms with E-state index in [0.29, 0.717) is 5.92 Å². The topological polar surface area (TPSA) is 16.4 Å². The molecule has 2 nitrogen and oxygen atoms in total. The molecule has 0 unspecified atom stereocenters. The van der Waals surface area contributed by atoms with Gasteiger partial charge >= 0.3 is 0 Å². The second-order valence-corrected chi connectivity index (χ2v) is 18.3. The predicted molar refractivity (Wildman–Crippen MR) is 266 cm³/mol. The monoisotopic (exact) mass is 811 g/mol. The smallest absolute Gasteiger partial charge is 0.136 e. The van der Waals surface area contributed by atoms with Crippen LogP contribution in [0.5, 0.6) is 0 Å². The molecule has 0 spiro atoms. The quantitative estimate of drug-likeness (QED) is 0.159. The fourth-order valence-electron chi connectivity index (χ4n) is 10.9. The summed E-state index contributed by atoms with van der Waals surface area (Å²) in [6.45, 7) is 4.75. The van der Waals surface area contributed by atoms with E-state index >= 15 is 0 Å². The minimum absolute atomic E-state index is 0.165. The second-order valence-electron chi connectivity index (χ2n) is 18.3. The number of fused-ring (bicyclic) bond motifs is 7. The summed E-state index contributed by atoms with van der Waals surface area (Å²) < 4.78 is 6.54. The molecule has 9 aromatic carbocycles. The van der Waals surface area contributed by atoms with Crippen LogP contribution in [-0.2, 0) is 5.41 Å². The van der Waals surface area contributed by atoms with E-state index in [1.54, 1.807) is 0 Å². The van der Waals surface area contributed by atoms with E-state index in [1.807, 2.05) is 6.07 Å². The first-order valence-electron chi connectivity index (χ1n) is 22.8. The zero-order chi connectivity index (χ0) is 42.1. The Kier molecular flexibility index (Phi) is 8.97. The van der Waals surface area contributed by atoms with Crippen molar-refractivity contribution >= 4 is 49.8 Å². The first-order chi connectivity index (χ1) is 31.0. The molecule has 0 atom stereocenters. The van der Waals surface area contributed by atoms with Gasteiger partial charge in [-0.2, -0.15) is 0 Å². The van der Waals surface area contributed by atoms with Crippen LogP contribution in [0.25, 0.3) is 77.2 Å². The third-order valence-corrected chi connectivity index (χ3v) is 14.3. The van der Waals surface area contributed by atoms with E-state index in [0.717, 1.165) is 50.1 Å². The largest absolute Gasteiger partial charge is 0.456 e. The van der Waals surface area contributed by atoms with Gasteiger partial charge in [0.1, 0.15) is 11.2 Å². The van der Waals surface area contributed by atoms with Crippen molar-refractivity contribution in [3.8, 4) is 44.5 Å². The van der Waals surface area contributed by atoms with Crippen LogP contribution in [0.15, 0.2) is 199 Å². The summed E-state index contributed by atoms with van der Waals surface area (Å²) in [5, 5.41) is 4.65. The molecule has 0 aliphatic heterocycles. The Morgan fingerprint density at radius 1 is 0.429 bits per heavy atom. The van der Waals surface area contributed by atoms with Crippen molar-refractivity contribution < 1.29 is 4.42 Å². The number of anilines is 3. The minimum Gasteiger partial charge on any atom is -0.456 e. The van der Waals surface area contributed by atoms with Crippen molar-refractivity contribution in [3.63, 3.8) is 0 Å². The molecule has 0 amide bonds. The summed E-state index contributed by atoms with van der Waals surface area (Å²) in [5.41, 5.74) is 18.9. The Labute approximate surface area is 370 Å². The Morgan fingerprint density at radius 3 is 1.94 bits per heavy atom. The summed E-state index contributed by atoms with van der Waals surface area (Å²) in [5.74, 6) is 0.678. The average molecular weight is 812 g/mol. The highest BCUT2D eigenvalue weighted by molar-refractivity contribution is 6.07. The van der Waals surface area contributed by atoms with Crippen LogP contribution in [0.1, 0.15) is 68.6 Å². The number of furan rings is 1. The molecule has 2 aliphatic rings. The molecule has 2 heteroatoms. The number of hydrogen-bond acceptors (Lipinski definition) is 2. The number of nitrogens with zero attached hydrogens (tertiary/aromatic N) is 1. The van der Waals surface area contributed by atoms with Crippen molar-refractivity contribution in [3.05, 3.63) is 211 Å². The molecule has 12 rings (SSSR count). The molecule has 0 bridgehead atoms. The lowest BCUT2D eigenvalue weighted by molar-refractivity contribution is 0.443. The summed E-state index contributed by atoms with van der Waals surface area (Å²) >= 11 is 0. The molecule has 1 saturated carbocycles. The molecule has 63 heavy (non-hydrogen) atoms. The Bertz CT molecular complexity index is 3350. The second kappa shape index (κ2) is 15.0. The number of para-hydroxylation sites is 1. The van der Waals surface area contributed by atoms with Gasteiger partial charge in [0, 0.05) is 33.0 Å². The summed E-state index contributed by atoms with van der Waals surface area (Å²) in [6, 6.07) is 72.2. The lowest BCUT2D eigenvalue weighted by atomic mass is 9.82. The number of benzene rings is 9. The van der Waals surface area contributed by atoms with Gasteiger partial charge in [0.15, 0.2) is 0 Å². The highest BCUT2D eigenvalue weighted by Gasteiger charge is 2.36. The van der Waals surface area contributed by atoms with Crippen LogP contribution in [0.4, 0.5) is 17.1 Å². The van der Waals surface area contributed by atoms with Gasteiger partial charge in [-0.25, -0.2) is 0 Å². The first kappa shape index (κ1) is 37.6. The summed E-state index contributed by atoms with van der Waals surface area (Å²) in [7, 11) is 0. The molecule has 304 valence electrons. The van der Waals surface area contributed by atoms with Gasteiger partial charge in [-0.1, -0.05) is 173 Å². The maximum Gasteiger partial charge on any atom is 0.136 e. The van der Waals surface area contributed by atoms with E-state index in [2.05, 4.69) is 207 Å². The van der Waals surface area contributed by atoms with Crippen molar-refractivity contribution in [1.29, 1.82) is 0 Å². The maximum absolute atomic E-state index is 6.54. The van der Waals surface area contributed by atoms with Crippen molar-refractivity contribution in [2.45, 2.75) is 57.3 Å². The molecule has 1 heterocycles. The van der Waals surface area contributed by atoms with E-state index in [-0.39, 0.29) is 5.41 Å². The van der Waals surface area contributed by atoms with Crippen molar-refractivity contribution in [1.82, 2.24) is 0 Å². The average Bonchev–Trinajstić information content (AvgIpc) is 3.83. The zero-order valence-corrected chi connectivity index (χ0v) is 35.9. The highest BCUT2D eigenvalue weighted by Crippen LogP contribution is 2.53. The van der Waals surface area contributed by atoms with Gasteiger partial charge in [-0.15, -0.1) is 0 Å². The number of rotatable bonds is 7. The van der Waals surface area contributed by atoms with Crippen LogP contribution in [0.2, 0.25) is 0 Å². The van der Waals surface area contributed by atoms with Gasteiger partial charge in [0.05, 0.1) is 11.4 Å². The van der Waals surface area contributed by atoms with Crippen LogP contribution in [0, 0.1) is 0 Å². The minimum atomic E-state index is -0.165. The zero-order valence-electron chi connectivity index (χ0n) is 35.9. The van der Waals surface area contributed by atoms with Crippen LogP contribution in [0.3, 0.4) is 0 Å². The summed E-state index contributed by atoms with van der Waals surface area (Å²) in [6.07, 6.45) is 6.65. The molecule has 0 radical (unpaired) electrons. The molecule has 1 fully saturated rings. The SMILES string of the molecule is CC1(C)c2ccccc2-c2ccc(N(c3ccc(-c4ccc(C5CCCCC5)cc4)cc3-c3ccccc3)c3cc4ccccc4cc3-c3ccc4c(c3)oc3ccccc34)cc21. The van der Waals surface area contributed by atoms with Crippen LogP contribution >= 0.6 is 0 Å². The highest BCUT2D eigenvalue weighted by atomic mass is 16.3. The first-order valence-corrected chi connectivity index (χ1v) is 22.8. The lowest BCUT2D eigenvalue weighted by Gasteiger charge is -2.32. The fourth-order valence-corrected chi connectivity index (χ4v) is 10.9. The van der Waals surface area contributed by atoms with Gasteiger partial charge in [-0.3, -0.25) is 0 Å². The maximum atomic E-state index is 6.54. The molecular formula is C61H49NO. The fraction of sp³-hybridized carbons (Fsp3) is 0.148. The standard InChI is InChI=1S/C61H49NO/c1-61(2)55-23-13-11-21-49(55)50-33-31-48(39-56(50)61)62(57-34-30-46(36-53(57)43-17-7-4-8-18-43)42-27-25-41(26-28-42)40-15-5-3-6-16-40)58-37-45-20-10-9-19-44(45)35-54(58)47-29-32-52-51-22-12-14-24-59(51)63-60(52)38-47/h4,7-14,17-40H,3,5-6,15-16H2,1-2H3. The molecule has 2 aliphatic carbocycles. The van der Waals surface area contributed by atoms with Crippen LogP contribution < -0.4 is 4.90 Å². The van der Waals surface area contributed by atoms with Gasteiger partial charge in [-0.05, 0) is 134 Å². The van der Waals surface area contributed by atoms with E-state index in [1.165, 1.54) is 92.9 Å². The van der Waals surface area contributed by atoms with Crippen molar-refractivity contribution in [2.24, 2.45) is 0 Å². The summed E-state index contributed by atoms with van der Waals surface area (Å²) in [4.78, 5) is 2.53. The van der Waals surface area contributed by atoms with Gasteiger partial charge < -0.3 is 9.32 Å². The Morgan fingerprint density at radius 2 is 1.10 bits per heavy atom. The molecule has 10 aromatic rings. The third-order valence-electron chi connectivity index (χ3n) is 14.3. The molecule has 0 N–H and O–H groups in total. The number of hydrogen-bond donors (Lipinski definition) is 0. The molecular weight excluding hydrogens is 763 g/mol. The Balaban J connectivity index is 1.10. The van der Waals surface area contributed by atoms with Crippen molar-refractivity contribution in [2.75, 3.05) is 4.90 Å². The van der Waals surface area contributed by atoms with E-state index in [4.69, 9.17) is 4.42 Å². The predicted octanol–water partition coefficient (Wildman–Crippen LogP) is 17.6. The Hall–Kier alpha value is -7.16. The van der Waals surface area contributed by atoms with Crippen LogP contribution in [-0.4, -0.2) is 0 Å². The molecule has 1 aromatic heterocycles. The van der Waals surface area contributed by atoms with E-state index in [9.17, 15) is 0 Å². The van der Waals surface area contributed by atoms with Gasteiger partial charge in [0.2, 0.25) is 0 Å². The third kappa shape index (κ3) is 6.39. The lowest BCUT2D eigenvalue weighted by Crippen LogP contribution is -2.17. The van der Waals surface area contributed by atoms with Gasteiger partial charge in [0.25, 0.3) is 0 Å². The molecule has 0 saturated heterocycles.